The first-order valence-electron chi connectivity index (χ1n) is 8.45. The van der Waals surface area contributed by atoms with Gasteiger partial charge < -0.3 is 35.3 Å². The summed E-state index contributed by atoms with van der Waals surface area (Å²) in [4.78, 5) is 0. The van der Waals surface area contributed by atoms with Gasteiger partial charge in [0.2, 0.25) is 0 Å². The highest BCUT2D eigenvalue weighted by atomic mass is 16.6. The van der Waals surface area contributed by atoms with Crippen molar-refractivity contribution in [3.8, 4) is 0 Å². The van der Waals surface area contributed by atoms with E-state index in [0.29, 0.717) is 0 Å². The molecule has 0 radical (unpaired) electrons. The van der Waals surface area contributed by atoms with E-state index >= 15 is 0 Å². The lowest BCUT2D eigenvalue weighted by Crippen LogP contribution is -2.64. The standard InChI is InChI=1S/C15H27N3O6/c1-23-9-6-4-2-3-5-8-11(9)16-17-18(8)15-14(22)13(21)12(20)10(7-19)24-15/h9-10,12-17,19-22H,2-7H2,1H3/t9?,10-,12+,13+,14-,15-/m1/s1. The molecule has 0 aromatic heterocycles. The molecule has 3 aliphatic rings. The van der Waals surface area contributed by atoms with Gasteiger partial charge in [0, 0.05) is 7.11 Å². The van der Waals surface area contributed by atoms with E-state index in [-0.39, 0.29) is 6.10 Å². The molecule has 1 unspecified atom stereocenters. The quantitative estimate of drug-likeness (QED) is 0.355. The van der Waals surface area contributed by atoms with Crippen molar-refractivity contribution in [2.45, 2.75) is 68.9 Å². The Bertz CT molecular complexity index is 474. The maximum absolute atomic E-state index is 10.3. The first-order chi connectivity index (χ1) is 11.6. The molecular weight excluding hydrogens is 318 g/mol. The predicted octanol–water partition coefficient (Wildman–Crippen LogP) is -1.70. The molecule has 6 N–H and O–H groups in total. The fraction of sp³-hybridized carbons (Fsp3) is 0.867. The molecule has 0 aromatic rings. The third-order valence-electron chi connectivity index (χ3n) is 5.02. The molecule has 1 aliphatic carbocycles. The average Bonchev–Trinajstić information content (AvgIpc) is 2.96. The van der Waals surface area contributed by atoms with Crippen molar-refractivity contribution < 1.29 is 29.9 Å². The number of rotatable bonds is 3. The number of ether oxygens (including phenoxy) is 2. The first kappa shape index (κ1) is 17.9. The third kappa shape index (κ3) is 3.13. The summed E-state index contributed by atoms with van der Waals surface area (Å²) in [6, 6.07) is 0. The Balaban J connectivity index is 1.85. The molecule has 0 aromatic carbocycles. The lowest BCUT2D eigenvalue weighted by molar-refractivity contribution is -0.266. The van der Waals surface area contributed by atoms with E-state index in [1.54, 1.807) is 12.1 Å². The molecule has 0 saturated carbocycles. The second kappa shape index (κ2) is 7.52. The van der Waals surface area contributed by atoms with Gasteiger partial charge in [-0.15, -0.1) is 5.53 Å². The smallest absolute Gasteiger partial charge is 0.174 e. The highest BCUT2D eigenvalue weighted by Crippen LogP contribution is 2.32. The van der Waals surface area contributed by atoms with Gasteiger partial charge in [0.1, 0.15) is 24.4 Å². The zero-order valence-electron chi connectivity index (χ0n) is 13.8. The molecule has 2 aliphatic heterocycles. The van der Waals surface area contributed by atoms with E-state index in [2.05, 4.69) is 11.0 Å². The number of hydrazine groups is 2. The van der Waals surface area contributed by atoms with Crippen LogP contribution in [0.3, 0.4) is 0 Å². The molecule has 138 valence electrons. The van der Waals surface area contributed by atoms with Crippen molar-refractivity contribution >= 4 is 0 Å². The number of hydrogen-bond acceptors (Lipinski definition) is 9. The fourth-order valence-electron chi connectivity index (χ4n) is 3.60. The summed E-state index contributed by atoms with van der Waals surface area (Å²) in [5.74, 6) is 0. The van der Waals surface area contributed by atoms with E-state index in [1.807, 2.05) is 0 Å². The monoisotopic (exact) mass is 345 g/mol. The fourth-order valence-corrected chi connectivity index (χ4v) is 3.60. The van der Waals surface area contributed by atoms with Crippen molar-refractivity contribution in [3.63, 3.8) is 0 Å². The van der Waals surface area contributed by atoms with E-state index in [0.717, 1.165) is 43.5 Å². The van der Waals surface area contributed by atoms with Crippen molar-refractivity contribution in [3.05, 3.63) is 11.4 Å². The molecule has 6 atom stereocenters. The maximum Gasteiger partial charge on any atom is 0.174 e. The van der Waals surface area contributed by atoms with Crippen LogP contribution in [0.2, 0.25) is 0 Å². The topological polar surface area (TPSA) is 127 Å². The lowest BCUT2D eigenvalue weighted by atomic mass is 9.96. The molecule has 2 heterocycles. The van der Waals surface area contributed by atoms with Gasteiger partial charge in [-0.1, -0.05) is 12.8 Å². The number of hydrogen-bond donors (Lipinski definition) is 6. The Labute approximate surface area is 140 Å². The van der Waals surface area contributed by atoms with E-state index < -0.39 is 37.3 Å². The van der Waals surface area contributed by atoms with Crippen molar-refractivity contribution in [2.24, 2.45) is 0 Å². The summed E-state index contributed by atoms with van der Waals surface area (Å²) in [5.41, 5.74) is 7.86. The molecule has 0 spiro atoms. The van der Waals surface area contributed by atoms with Gasteiger partial charge in [0.25, 0.3) is 0 Å². The van der Waals surface area contributed by atoms with Crippen molar-refractivity contribution in [1.82, 2.24) is 16.0 Å². The molecule has 1 saturated heterocycles. The van der Waals surface area contributed by atoms with Crippen LogP contribution >= 0.6 is 0 Å². The number of nitrogens with zero attached hydrogens (tertiary/aromatic N) is 1. The van der Waals surface area contributed by atoms with Crippen LogP contribution < -0.4 is 11.0 Å². The molecule has 0 amide bonds. The second-order valence-corrected chi connectivity index (χ2v) is 6.51. The van der Waals surface area contributed by atoms with Crippen molar-refractivity contribution in [1.29, 1.82) is 0 Å². The predicted molar refractivity (Wildman–Crippen MR) is 82.8 cm³/mol. The molecule has 0 bridgehead atoms. The van der Waals surface area contributed by atoms with Gasteiger partial charge in [-0.2, -0.15) is 0 Å². The Kier molecular flexibility index (Phi) is 5.60. The van der Waals surface area contributed by atoms with Crippen LogP contribution in [0, 0.1) is 0 Å². The minimum absolute atomic E-state index is 0.0808. The summed E-state index contributed by atoms with van der Waals surface area (Å²) >= 11 is 0. The van der Waals surface area contributed by atoms with Gasteiger partial charge in [0.05, 0.1) is 24.1 Å². The summed E-state index contributed by atoms with van der Waals surface area (Å²) < 4.78 is 11.2. The van der Waals surface area contributed by atoms with Crippen LogP contribution in [0.1, 0.15) is 32.1 Å². The zero-order chi connectivity index (χ0) is 17.3. The van der Waals surface area contributed by atoms with Crippen molar-refractivity contribution in [2.75, 3.05) is 13.7 Å². The molecule has 9 heteroatoms. The Morgan fingerprint density at radius 1 is 1.17 bits per heavy atom. The van der Waals surface area contributed by atoms with E-state index in [9.17, 15) is 20.4 Å². The van der Waals surface area contributed by atoms with Gasteiger partial charge in [-0.3, -0.25) is 5.01 Å². The summed E-state index contributed by atoms with van der Waals surface area (Å²) in [5, 5.41) is 41.3. The first-order valence-corrected chi connectivity index (χ1v) is 8.45. The Morgan fingerprint density at radius 3 is 2.67 bits per heavy atom. The molecule has 9 nitrogen and oxygen atoms in total. The molecule has 24 heavy (non-hydrogen) atoms. The minimum Gasteiger partial charge on any atom is -0.394 e. The molecule has 3 rings (SSSR count). The van der Waals surface area contributed by atoms with Crippen LogP contribution in [-0.2, 0) is 9.47 Å². The highest BCUT2D eigenvalue weighted by Gasteiger charge is 2.48. The summed E-state index contributed by atoms with van der Waals surface area (Å²) in [6.45, 7) is -0.449. The Morgan fingerprint density at radius 2 is 1.96 bits per heavy atom. The van der Waals surface area contributed by atoms with Crippen LogP contribution in [0.4, 0.5) is 0 Å². The Hall–Kier alpha value is -0.940. The van der Waals surface area contributed by atoms with Crippen LogP contribution in [-0.4, -0.2) is 75.9 Å². The number of allylic oxidation sites excluding steroid dienone is 1. The van der Waals surface area contributed by atoms with Crippen LogP contribution in [0.5, 0.6) is 0 Å². The minimum atomic E-state index is -1.40. The van der Waals surface area contributed by atoms with Crippen LogP contribution in [0.25, 0.3) is 0 Å². The average molecular weight is 345 g/mol. The van der Waals surface area contributed by atoms with Gasteiger partial charge >= 0.3 is 0 Å². The van der Waals surface area contributed by atoms with E-state index in [4.69, 9.17) is 9.47 Å². The number of methoxy groups -OCH3 is 1. The van der Waals surface area contributed by atoms with E-state index in [1.165, 1.54) is 0 Å². The maximum atomic E-state index is 10.3. The summed E-state index contributed by atoms with van der Waals surface area (Å²) in [6.07, 6.45) is -1.23. The molecular formula is C15H27N3O6. The van der Waals surface area contributed by atoms with Gasteiger partial charge in [0.15, 0.2) is 6.23 Å². The SMILES string of the molecule is COC1CCCCCC2=C1NNN2[C@@H]1O[C@H](CO)[C@H](O)[C@H](O)[C@H]1O. The number of aliphatic hydroxyl groups excluding tert-OH is 4. The normalized spacial score (nSPS) is 40.8. The second-order valence-electron chi connectivity index (χ2n) is 6.51. The summed E-state index contributed by atoms with van der Waals surface area (Å²) in [7, 11) is 1.66. The lowest BCUT2D eigenvalue weighted by Gasteiger charge is -2.44. The largest absolute Gasteiger partial charge is 0.394 e. The number of nitrogens with one attached hydrogen (secondary N) is 2. The third-order valence-corrected chi connectivity index (χ3v) is 5.02. The van der Waals surface area contributed by atoms with Crippen LogP contribution in [0.15, 0.2) is 11.4 Å². The molecule has 1 fully saturated rings. The van der Waals surface area contributed by atoms with Gasteiger partial charge in [-0.05, 0) is 19.3 Å². The number of aliphatic hydroxyl groups is 4. The highest BCUT2D eigenvalue weighted by molar-refractivity contribution is 5.20. The van der Waals surface area contributed by atoms with Gasteiger partial charge in [-0.25, -0.2) is 0 Å². The zero-order valence-corrected chi connectivity index (χ0v) is 13.8.